The van der Waals surface area contributed by atoms with Crippen molar-refractivity contribution in [1.29, 1.82) is 0 Å². The number of carboxylic acid groups (broad SMARTS) is 1. The third-order valence-electron chi connectivity index (χ3n) is 4.94. The molecule has 0 aromatic heterocycles. The van der Waals surface area contributed by atoms with Gasteiger partial charge in [0.05, 0.1) is 7.11 Å². The highest BCUT2D eigenvalue weighted by molar-refractivity contribution is 6.07. The van der Waals surface area contributed by atoms with Crippen LogP contribution in [0, 0.1) is 5.41 Å². The minimum Gasteiger partial charge on any atom is -0.550 e. The number of carbonyl (C=O) groups excluding carboxylic acids is 2. The van der Waals surface area contributed by atoms with E-state index in [2.05, 4.69) is 0 Å². The quantitative estimate of drug-likeness (QED) is 0.870. The van der Waals surface area contributed by atoms with Crippen LogP contribution in [-0.2, 0) is 11.2 Å². The molecule has 0 heterocycles. The number of aliphatic carboxylic acids is 1. The van der Waals surface area contributed by atoms with Crippen LogP contribution >= 0.6 is 0 Å². The summed E-state index contributed by atoms with van der Waals surface area (Å²) in [4.78, 5) is 23.6. The Morgan fingerprint density at radius 3 is 2.78 bits per heavy atom. The van der Waals surface area contributed by atoms with E-state index in [1.807, 2.05) is 37.3 Å². The first kappa shape index (κ1) is 15.5. The molecule has 2 aromatic rings. The van der Waals surface area contributed by atoms with Gasteiger partial charge in [-0.2, -0.15) is 0 Å². The van der Waals surface area contributed by atoms with Crippen LogP contribution in [0.25, 0.3) is 10.8 Å². The second kappa shape index (κ2) is 5.69. The molecule has 1 atom stereocenters. The van der Waals surface area contributed by atoms with Crippen molar-refractivity contribution >= 4 is 22.5 Å². The summed E-state index contributed by atoms with van der Waals surface area (Å²) in [6.45, 7) is 1.86. The number of ether oxygens (including phenoxy) is 1. The molecule has 0 saturated heterocycles. The lowest BCUT2D eigenvalue weighted by atomic mass is 9.68. The molecule has 0 radical (unpaired) electrons. The van der Waals surface area contributed by atoms with Crippen molar-refractivity contribution in [2.75, 3.05) is 7.11 Å². The summed E-state index contributed by atoms with van der Waals surface area (Å²) in [6.07, 6.45) is 1.68. The Morgan fingerprint density at radius 1 is 1.30 bits per heavy atom. The van der Waals surface area contributed by atoms with Gasteiger partial charge in [-0.25, -0.2) is 0 Å². The number of rotatable bonds is 4. The number of aryl methyl sites for hydroxylation is 1. The summed E-state index contributed by atoms with van der Waals surface area (Å²) in [5.74, 6) is -0.272. The topological polar surface area (TPSA) is 66.4 Å². The van der Waals surface area contributed by atoms with E-state index in [0.29, 0.717) is 12.8 Å². The molecule has 0 saturated carbocycles. The first-order valence-corrected chi connectivity index (χ1v) is 7.79. The van der Waals surface area contributed by atoms with E-state index in [1.54, 1.807) is 7.11 Å². The van der Waals surface area contributed by atoms with Gasteiger partial charge in [0.15, 0.2) is 5.78 Å². The first-order valence-electron chi connectivity index (χ1n) is 7.79. The van der Waals surface area contributed by atoms with Crippen LogP contribution in [0.2, 0.25) is 0 Å². The molecule has 4 nitrogen and oxygen atoms in total. The van der Waals surface area contributed by atoms with Gasteiger partial charge in [0, 0.05) is 16.9 Å². The molecule has 23 heavy (non-hydrogen) atoms. The Balaban J connectivity index is 2.02. The molecule has 0 fully saturated rings. The Morgan fingerprint density at radius 2 is 2.09 bits per heavy atom. The van der Waals surface area contributed by atoms with E-state index in [9.17, 15) is 14.7 Å². The summed E-state index contributed by atoms with van der Waals surface area (Å²) < 4.78 is 5.25. The van der Waals surface area contributed by atoms with Crippen molar-refractivity contribution in [2.24, 2.45) is 5.41 Å². The van der Waals surface area contributed by atoms with Crippen molar-refractivity contribution in [1.82, 2.24) is 0 Å². The molecule has 4 heteroatoms. The van der Waals surface area contributed by atoms with Crippen molar-refractivity contribution in [2.45, 2.75) is 32.6 Å². The number of ketones is 1. The van der Waals surface area contributed by atoms with E-state index in [0.717, 1.165) is 34.1 Å². The Kier molecular flexibility index (Phi) is 3.84. The zero-order valence-corrected chi connectivity index (χ0v) is 13.3. The van der Waals surface area contributed by atoms with Crippen LogP contribution in [0.5, 0.6) is 5.75 Å². The molecule has 120 valence electrons. The van der Waals surface area contributed by atoms with Crippen LogP contribution in [-0.4, -0.2) is 18.9 Å². The van der Waals surface area contributed by atoms with Gasteiger partial charge >= 0.3 is 0 Å². The molecule has 1 aliphatic rings. The predicted octanol–water partition coefficient (Wildman–Crippen LogP) is 2.51. The fourth-order valence-electron chi connectivity index (χ4n) is 3.44. The maximum Gasteiger partial charge on any atom is 0.169 e. The van der Waals surface area contributed by atoms with E-state index in [-0.39, 0.29) is 12.2 Å². The third-order valence-corrected chi connectivity index (χ3v) is 4.94. The van der Waals surface area contributed by atoms with Crippen LogP contribution in [0.4, 0.5) is 0 Å². The third kappa shape index (κ3) is 2.69. The maximum atomic E-state index is 12.9. The SMILES string of the molecule is COc1ccc2c3c(ccc2c1)C(=O)[C@@](C)(CCC(=O)[O-])CC3. The summed E-state index contributed by atoms with van der Waals surface area (Å²) in [7, 11) is 1.63. The molecule has 0 N–H and O–H groups in total. The molecule has 3 rings (SSSR count). The highest BCUT2D eigenvalue weighted by Gasteiger charge is 2.38. The van der Waals surface area contributed by atoms with Gasteiger partial charge in [-0.3, -0.25) is 4.79 Å². The molecule has 0 aliphatic heterocycles. The summed E-state index contributed by atoms with van der Waals surface area (Å²) >= 11 is 0. The fourth-order valence-corrected chi connectivity index (χ4v) is 3.44. The standard InChI is InChI=1S/C19H20O4/c1-19(10-8-17(20)21)9-7-15-14-6-4-13(23-2)11-12(14)3-5-16(15)18(19)22/h3-6,11H,7-10H2,1-2H3,(H,20,21)/p-1/t19-/m1/s1. The normalized spacial score (nSPS) is 20.3. The lowest BCUT2D eigenvalue weighted by Gasteiger charge is -2.34. The van der Waals surface area contributed by atoms with Crippen molar-refractivity contribution < 1.29 is 19.4 Å². The molecular weight excluding hydrogens is 292 g/mol. The second-order valence-corrected chi connectivity index (χ2v) is 6.44. The van der Waals surface area contributed by atoms with Crippen molar-refractivity contribution in [3.63, 3.8) is 0 Å². The summed E-state index contributed by atoms with van der Waals surface area (Å²) in [5.41, 5.74) is 1.16. The molecule has 0 unspecified atom stereocenters. The lowest BCUT2D eigenvalue weighted by Crippen LogP contribution is -2.35. The van der Waals surface area contributed by atoms with Gasteiger partial charge < -0.3 is 14.6 Å². The monoisotopic (exact) mass is 311 g/mol. The van der Waals surface area contributed by atoms with Gasteiger partial charge in [-0.05, 0) is 54.2 Å². The molecule has 0 bridgehead atoms. The number of fused-ring (bicyclic) bond motifs is 3. The largest absolute Gasteiger partial charge is 0.550 e. The fraction of sp³-hybridized carbons (Fsp3) is 0.368. The van der Waals surface area contributed by atoms with Gasteiger partial charge in [-0.1, -0.05) is 25.1 Å². The van der Waals surface area contributed by atoms with Gasteiger partial charge in [0.2, 0.25) is 0 Å². The minimum absolute atomic E-state index is 0.0396. The molecular formula is C19H19O4-. The zero-order chi connectivity index (χ0) is 16.6. The Bertz CT molecular complexity index is 793. The van der Waals surface area contributed by atoms with Crippen LogP contribution < -0.4 is 9.84 Å². The average Bonchev–Trinajstić information content (AvgIpc) is 2.55. The number of hydrogen-bond acceptors (Lipinski definition) is 4. The molecule has 1 aliphatic carbocycles. The molecule has 2 aromatic carbocycles. The number of hydrogen-bond donors (Lipinski definition) is 0. The Hall–Kier alpha value is -2.36. The summed E-state index contributed by atoms with van der Waals surface area (Å²) in [6, 6.07) is 9.64. The van der Waals surface area contributed by atoms with Gasteiger partial charge in [0.1, 0.15) is 5.75 Å². The highest BCUT2D eigenvalue weighted by Crippen LogP contribution is 2.41. The van der Waals surface area contributed by atoms with Crippen molar-refractivity contribution in [3.8, 4) is 5.75 Å². The van der Waals surface area contributed by atoms with Crippen LogP contribution in [0.1, 0.15) is 42.1 Å². The first-order chi connectivity index (χ1) is 10.9. The number of carboxylic acids is 1. The van der Waals surface area contributed by atoms with E-state index in [4.69, 9.17) is 4.74 Å². The predicted molar refractivity (Wildman–Crippen MR) is 85.5 cm³/mol. The number of carbonyl (C=O) groups is 2. The van der Waals surface area contributed by atoms with Crippen molar-refractivity contribution in [3.05, 3.63) is 41.5 Å². The Labute approximate surface area is 135 Å². The second-order valence-electron chi connectivity index (χ2n) is 6.44. The molecule has 0 spiro atoms. The molecule has 0 amide bonds. The van der Waals surface area contributed by atoms with E-state index >= 15 is 0 Å². The highest BCUT2D eigenvalue weighted by atomic mass is 16.5. The number of methoxy groups -OCH3 is 1. The average molecular weight is 311 g/mol. The van der Waals surface area contributed by atoms with Crippen LogP contribution in [0.15, 0.2) is 30.3 Å². The maximum absolute atomic E-state index is 12.9. The summed E-state index contributed by atoms with van der Waals surface area (Å²) in [5, 5.41) is 12.9. The van der Waals surface area contributed by atoms with Gasteiger partial charge in [0.25, 0.3) is 0 Å². The lowest BCUT2D eigenvalue weighted by molar-refractivity contribution is -0.306. The van der Waals surface area contributed by atoms with E-state index < -0.39 is 11.4 Å². The zero-order valence-electron chi connectivity index (χ0n) is 13.3. The smallest absolute Gasteiger partial charge is 0.169 e. The van der Waals surface area contributed by atoms with Crippen LogP contribution in [0.3, 0.4) is 0 Å². The van der Waals surface area contributed by atoms with E-state index in [1.165, 1.54) is 0 Å². The minimum atomic E-state index is -1.10. The number of Topliss-reactive ketones (excluding diaryl/α,β-unsaturated/α-hetero) is 1. The number of benzene rings is 2. The van der Waals surface area contributed by atoms with Gasteiger partial charge in [-0.15, -0.1) is 0 Å².